The molecule has 4 N–H and O–H groups in total. The van der Waals surface area contributed by atoms with Crippen molar-refractivity contribution < 1.29 is 25.2 Å². The van der Waals surface area contributed by atoms with E-state index in [4.69, 9.17) is 15.3 Å². The summed E-state index contributed by atoms with van der Waals surface area (Å²) in [5.41, 5.74) is 0.273. The molecular formula is C30H54O5. The van der Waals surface area contributed by atoms with Gasteiger partial charge >= 0.3 is 5.97 Å². The molecule has 0 aliphatic heterocycles. The SMILES string of the molecule is CCC(CO)(CO)CO.CCCCCCCCCCCCCCCCC(C(=O)O)c1ccccc1. The Bertz CT molecular complexity index is 568. The van der Waals surface area contributed by atoms with Crippen LogP contribution in [0.5, 0.6) is 0 Å². The predicted molar refractivity (Wildman–Crippen MR) is 146 cm³/mol. The van der Waals surface area contributed by atoms with Crippen molar-refractivity contribution in [1.82, 2.24) is 0 Å². The van der Waals surface area contributed by atoms with Crippen LogP contribution < -0.4 is 0 Å². The minimum absolute atomic E-state index is 0.156. The summed E-state index contributed by atoms with van der Waals surface area (Å²) in [5.74, 6) is -1.03. The van der Waals surface area contributed by atoms with Gasteiger partial charge in [0.25, 0.3) is 0 Å². The van der Waals surface area contributed by atoms with E-state index in [1.165, 1.54) is 77.0 Å². The maximum Gasteiger partial charge on any atom is 0.310 e. The maximum absolute atomic E-state index is 11.5. The van der Waals surface area contributed by atoms with E-state index in [0.717, 1.165) is 24.8 Å². The number of hydrogen-bond donors (Lipinski definition) is 4. The number of carbonyl (C=O) groups is 1. The lowest BCUT2D eigenvalue weighted by molar-refractivity contribution is -0.139. The highest BCUT2D eigenvalue weighted by atomic mass is 16.4. The van der Waals surface area contributed by atoms with Crippen molar-refractivity contribution in [1.29, 1.82) is 0 Å². The Morgan fingerprint density at radius 1 is 0.686 bits per heavy atom. The van der Waals surface area contributed by atoms with Gasteiger partial charge in [-0.25, -0.2) is 0 Å². The van der Waals surface area contributed by atoms with Crippen LogP contribution in [0.1, 0.15) is 128 Å². The minimum atomic E-state index is -0.689. The van der Waals surface area contributed by atoms with Crippen molar-refractivity contribution in [2.75, 3.05) is 19.8 Å². The Balaban J connectivity index is 0.00000109. The van der Waals surface area contributed by atoms with E-state index in [0.29, 0.717) is 6.42 Å². The first-order chi connectivity index (χ1) is 17.0. The third-order valence-corrected chi connectivity index (χ3v) is 7.10. The smallest absolute Gasteiger partial charge is 0.310 e. The molecule has 0 heterocycles. The fourth-order valence-electron chi connectivity index (χ4n) is 4.15. The van der Waals surface area contributed by atoms with Gasteiger partial charge in [-0.05, 0) is 18.4 Å². The molecule has 5 heteroatoms. The Labute approximate surface area is 215 Å². The van der Waals surface area contributed by atoms with Crippen molar-refractivity contribution in [2.45, 2.75) is 122 Å². The molecule has 0 saturated carbocycles. The molecule has 0 aliphatic carbocycles. The molecule has 0 spiro atoms. The maximum atomic E-state index is 11.5. The summed E-state index contributed by atoms with van der Waals surface area (Å²) in [6.07, 6.45) is 20.0. The highest BCUT2D eigenvalue weighted by Crippen LogP contribution is 2.23. The van der Waals surface area contributed by atoms with E-state index < -0.39 is 11.4 Å². The van der Waals surface area contributed by atoms with Gasteiger partial charge in [-0.15, -0.1) is 0 Å². The average Bonchev–Trinajstić information content (AvgIpc) is 2.89. The molecule has 1 atom stereocenters. The van der Waals surface area contributed by atoms with Gasteiger partial charge in [-0.3, -0.25) is 4.79 Å². The number of carboxylic acid groups (broad SMARTS) is 1. The molecule has 0 aliphatic rings. The standard InChI is InChI=1S/C24H40O2.C6H14O3/c1-2-3-4-5-6-7-8-9-10-11-12-13-14-18-21-23(24(25)26)22-19-16-15-17-20-22;1-2-6(3-7,4-8)5-9/h15-17,19-20,23H,2-14,18,21H2,1H3,(H,25,26);7-9H,2-5H2,1H3. The van der Waals surface area contributed by atoms with E-state index in [-0.39, 0.29) is 25.7 Å². The Morgan fingerprint density at radius 2 is 1.09 bits per heavy atom. The monoisotopic (exact) mass is 494 g/mol. The molecule has 0 saturated heterocycles. The summed E-state index contributed by atoms with van der Waals surface area (Å²) in [7, 11) is 0. The van der Waals surface area contributed by atoms with E-state index in [1.807, 2.05) is 37.3 Å². The van der Waals surface area contributed by atoms with E-state index in [2.05, 4.69) is 6.92 Å². The third-order valence-electron chi connectivity index (χ3n) is 7.10. The average molecular weight is 495 g/mol. The first kappa shape index (κ1) is 33.6. The number of carboxylic acids is 1. The van der Waals surface area contributed by atoms with E-state index >= 15 is 0 Å². The quantitative estimate of drug-likeness (QED) is 0.137. The molecule has 0 aromatic heterocycles. The van der Waals surface area contributed by atoms with Crippen LogP contribution in [-0.2, 0) is 4.79 Å². The van der Waals surface area contributed by atoms with Gasteiger partial charge in [-0.2, -0.15) is 0 Å². The summed E-state index contributed by atoms with van der Waals surface area (Å²) in [4.78, 5) is 11.5. The van der Waals surface area contributed by atoms with Crippen molar-refractivity contribution in [3.63, 3.8) is 0 Å². The van der Waals surface area contributed by atoms with Gasteiger partial charge in [0.15, 0.2) is 0 Å². The van der Waals surface area contributed by atoms with Crippen LogP contribution in [0.3, 0.4) is 0 Å². The van der Waals surface area contributed by atoms with Crippen LogP contribution in [0.2, 0.25) is 0 Å². The van der Waals surface area contributed by atoms with Crippen LogP contribution in [0.15, 0.2) is 30.3 Å². The highest BCUT2D eigenvalue weighted by Gasteiger charge is 2.25. The molecule has 35 heavy (non-hydrogen) atoms. The highest BCUT2D eigenvalue weighted by molar-refractivity contribution is 5.75. The molecule has 204 valence electrons. The molecule has 0 amide bonds. The summed E-state index contributed by atoms with van der Waals surface area (Å²) >= 11 is 0. The van der Waals surface area contributed by atoms with Crippen molar-refractivity contribution in [3.8, 4) is 0 Å². The van der Waals surface area contributed by atoms with Gasteiger partial charge in [0.1, 0.15) is 0 Å². The molecule has 1 aromatic carbocycles. The Kier molecular flexibility index (Phi) is 22.1. The molecular weight excluding hydrogens is 440 g/mol. The summed E-state index contributed by atoms with van der Waals surface area (Å²) in [5, 5.41) is 35.4. The third kappa shape index (κ3) is 16.8. The summed E-state index contributed by atoms with van der Waals surface area (Å²) in [6, 6.07) is 9.66. The molecule has 1 aromatic rings. The molecule has 0 fully saturated rings. The summed E-state index contributed by atoms with van der Waals surface area (Å²) < 4.78 is 0. The second-order valence-electron chi connectivity index (χ2n) is 10.0. The molecule has 1 unspecified atom stereocenters. The normalized spacial score (nSPS) is 12.1. The number of benzene rings is 1. The van der Waals surface area contributed by atoms with Crippen LogP contribution >= 0.6 is 0 Å². The molecule has 0 bridgehead atoms. The Morgan fingerprint density at radius 3 is 1.40 bits per heavy atom. The molecule has 5 nitrogen and oxygen atoms in total. The second-order valence-corrected chi connectivity index (χ2v) is 10.0. The zero-order chi connectivity index (χ0) is 26.2. The van der Waals surface area contributed by atoms with Gasteiger partial charge < -0.3 is 20.4 Å². The minimum Gasteiger partial charge on any atom is -0.481 e. The predicted octanol–water partition coefficient (Wildman–Crippen LogP) is 7.09. The zero-order valence-corrected chi connectivity index (χ0v) is 22.6. The summed E-state index contributed by atoms with van der Waals surface area (Å²) in [6.45, 7) is 3.62. The van der Waals surface area contributed by atoms with Crippen LogP contribution in [0, 0.1) is 5.41 Å². The number of rotatable bonds is 21. The second kappa shape index (κ2) is 23.0. The fourth-order valence-corrected chi connectivity index (χ4v) is 4.15. The number of unbranched alkanes of at least 4 members (excludes halogenated alkanes) is 13. The van der Waals surface area contributed by atoms with Gasteiger partial charge in [0, 0.05) is 5.41 Å². The van der Waals surface area contributed by atoms with Crippen molar-refractivity contribution in [2.24, 2.45) is 5.41 Å². The van der Waals surface area contributed by atoms with Crippen LogP contribution in [0.25, 0.3) is 0 Å². The first-order valence-corrected chi connectivity index (χ1v) is 14.1. The van der Waals surface area contributed by atoms with Gasteiger partial charge in [0.05, 0.1) is 25.7 Å². The van der Waals surface area contributed by atoms with Crippen LogP contribution in [0.4, 0.5) is 0 Å². The number of aliphatic carboxylic acids is 1. The van der Waals surface area contributed by atoms with E-state index in [1.54, 1.807) is 0 Å². The Hall–Kier alpha value is -1.43. The van der Waals surface area contributed by atoms with Crippen molar-refractivity contribution in [3.05, 3.63) is 35.9 Å². The lowest BCUT2D eigenvalue weighted by atomic mass is 9.88. The first-order valence-electron chi connectivity index (χ1n) is 14.1. The van der Waals surface area contributed by atoms with E-state index in [9.17, 15) is 9.90 Å². The fraction of sp³-hybridized carbons (Fsp3) is 0.767. The molecule has 0 radical (unpaired) electrons. The zero-order valence-electron chi connectivity index (χ0n) is 22.6. The molecule has 1 rings (SSSR count). The lowest BCUT2D eigenvalue weighted by Crippen LogP contribution is -2.32. The van der Waals surface area contributed by atoms with Gasteiger partial charge in [0.2, 0.25) is 0 Å². The number of aliphatic hydroxyl groups is 3. The lowest BCUT2D eigenvalue weighted by Gasteiger charge is -2.24. The number of hydrogen-bond acceptors (Lipinski definition) is 4. The van der Waals surface area contributed by atoms with Crippen LogP contribution in [-0.4, -0.2) is 46.2 Å². The topological polar surface area (TPSA) is 98.0 Å². The number of aliphatic hydroxyl groups excluding tert-OH is 3. The largest absolute Gasteiger partial charge is 0.481 e. The van der Waals surface area contributed by atoms with Crippen molar-refractivity contribution >= 4 is 5.97 Å². The van der Waals surface area contributed by atoms with Gasteiger partial charge in [-0.1, -0.05) is 134 Å².